The van der Waals surface area contributed by atoms with Crippen molar-refractivity contribution in [1.82, 2.24) is 10.2 Å². The van der Waals surface area contributed by atoms with Crippen LogP contribution in [0.3, 0.4) is 0 Å². The lowest BCUT2D eigenvalue weighted by atomic mass is 10.1. The Morgan fingerprint density at radius 2 is 2.12 bits per heavy atom. The van der Waals surface area contributed by atoms with E-state index < -0.39 is 5.60 Å². The quantitative estimate of drug-likeness (QED) is 0.618. The second kappa shape index (κ2) is 6.51. The Morgan fingerprint density at radius 3 is 2.80 bits per heavy atom. The Bertz CT molecular complexity index is 686. The molecule has 1 aromatic carbocycles. The highest BCUT2D eigenvalue weighted by molar-refractivity contribution is 5.69. The molecule has 0 aliphatic carbocycles. The number of nitrogens with zero attached hydrogens (tertiary/aromatic N) is 3. The van der Waals surface area contributed by atoms with Crippen molar-refractivity contribution in [2.45, 2.75) is 39.0 Å². The molecule has 2 aliphatic heterocycles. The van der Waals surface area contributed by atoms with Crippen LogP contribution in [-0.2, 0) is 11.3 Å². The molecule has 0 saturated carbocycles. The van der Waals surface area contributed by atoms with Crippen LogP contribution in [0.1, 0.15) is 26.3 Å². The number of rotatable bonds is 1. The highest BCUT2D eigenvalue weighted by Crippen LogP contribution is 2.30. The van der Waals surface area contributed by atoms with Gasteiger partial charge in [0.05, 0.1) is 11.0 Å². The molecule has 0 spiro atoms. The van der Waals surface area contributed by atoms with Crippen LogP contribution in [0.5, 0.6) is 0 Å². The number of fused-ring (bicyclic) bond motifs is 3. The molecule has 8 heteroatoms. The molecule has 1 aromatic rings. The van der Waals surface area contributed by atoms with Crippen molar-refractivity contribution < 1.29 is 14.5 Å². The summed E-state index contributed by atoms with van der Waals surface area (Å²) in [6, 6.07) is 5.10. The first-order valence-electron chi connectivity index (χ1n) is 8.47. The van der Waals surface area contributed by atoms with E-state index in [1.54, 1.807) is 17.0 Å². The van der Waals surface area contributed by atoms with Crippen molar-refractivity contribution in [3.05, 3.63) is 33.9 Å². The molecule has 0 radical (unpaired) electrons. The van der Waals surface area contributed by atoms with Crippen LogP contribution in [0.15, 0.2) is 18.2 Å². The van der Waals surface area contributed by atoms with E-state index in [-0.39, 0.29) is 22.7 Å². The number of hydrogen-bond acceptors (Lipinski definition) is 6. The second-order valence-electron chi connectivity index (χ2n) is 7.47. The maximum absolute atomic E-state index is 12.3. The van der Waals surface area contributed by atoms with Gasteiger partial charge in [0.15, 0.2) is 0 Å². The van der Waals surface area contributed by atoms with E-state index in [4.69, 9.17) is 4.74 Å². The summed E-state index contributed by atoms with van der Waals surface area (Å²) in [4.78, 5) is 26.9. The van der Waals surface area contributed by atoms with Crippen LogP contribution in [0.25, 0.3) is 0 Å². The van der Waals surface area contributed by atoms with Gasteiger partial charge in [-0.2, -0.15) is 0 Å². The first kappa shape index (κ1) is 17.5. The van der Waals surface area contributed by atoms with Crippen LogP contribution >= 0.6 is 0 Å². The van der Waals surface area contributed by atoms with Crippen molar-refractivity contribution in [2.24, 2.45) is 0 Å². The molecule has 1 amide bonds. The lowest BCUT2D eigenvalue weighted by molar-refractivity contribution is -0.384. The molecule has 25 heavy (non-hydrogen) atoms. The molecule has 2 aliphatic rings. The van der Waals surface area contributed by atoms with Gasteiger partial charge in [0.1, 0.15) is 5.60 Å². The Labute approximate surface area is 146 Å². The van der Waals surface area contributed by atoms with Gasteiger partial charge in [-0.25, -0.2) is 4.79 Å². The number of piperazine rings is 1. The minimum Gasteiger partial charge on any atom is -0.444 e. The lowest BCUT2D eigenvalue weighted by Gasteiger charge is -2.42. The number of hydrogen-bond donors (Lipinski definition) is 1. The van der Waals surface area contributed by atoms with Gasteiger partial charge in [0.25, 0.3) is 5.69 Å². The molecule has 0 aromatic heterocycles. The van der Waals surface area contributed by atoms with Gasteiger partial charge in [0, 0.05) is 50.5 Å². The molecule has 2 heterocycles. The van der Waals surface area contributed by atoms with Crippen molar-refractivity contribution >= 4 is 17.5 Å². The fourth-order valence-corrected chi connectivity index (χ4v) is 3.32. The third-order valence-electron chi connectivity index (χ3n) is 4.41. The van der Waals surface area contributed by atoms with Crippen LogP contribution in [0, 0.1) is 10.1 Å². The predicted octanol–water partition coefficient (Wildman–Crippen LogP) is 2.12. The van der Waals surface area contributed by atoms with Gasteiger partial charge in [-0.05, 0) is 32.4 Å². The minimum absolute atomic E-state index is 0.103. The molecule has 8 nitrogen and oxygen atoms in total. The van der Waals surface area contributed by atoms with E-state index in [0.717, 1.165) is 11.3 Å². The maximum Gasteiger partial charge on any atom is 0.410 e. The van der Waals surface area contributed by atoms with Crippen LogP contribution in [0.2, 0.25) is 0 Å². The van der Waals surface area contributed by atoms with Gasteiger partial charge >= 0.3 is 6.09 Å². The molecular weight excluding hydrogens is 324 g/mol. The van der Waals surface area contributed by atoms with E-state index in [1.807, 2.05) is 26.8 Å². The molecule has 3 rings (SSSR count). The zero-order chi connectivity index (χ0) is 18.2. The predicted molar refractivity (Wildman–Crippen MR) is 93.7 cm³/mol. The number of ether oxygens (including phenoxy) is 1. The lowest BCUT2D eigenvalue weighted by Crippen LogP contribution is -2.57. The smallest absolute Gasteiger partial charge is 0.410 e. The molecule has 1 N–H and O–H groups in total. The maximum atomic E-state index is 12.3. The van der Waals surface area contributed by atoms with Crippen molar-refractivity contribution in [3.63, 3.8) is 0 Å². The first-order valence-corrected chi connectivity index (χ1v) is 8.47. The number of benzene rings is 1. The highest BCUT2D eigenvalue weighted by atomic mass is 16.6. The summed E-state index contributed by atoms with van der Waals surface area (Å²) >= 11 is 0. The van der Waals surface area contributed by atoms with Crippen LogP contribution in [-0.4, -0.2) is 53.7 Å². The molecule has 136 valence electrons. The Morgan fingerprint density at radius 1 is 1.36 bits per heavy atom. The fourth-order valence-electron chi connectivity index (χ4n) is 3.32. The summed E-state index contributed by atoms with van der Waals surface area (Å²) < 4.78 is 5.47. The van der Waals surface area contributed by atoms with E-state index in [2.05, 4.69) is 10.2 Å². The third kappa shape index (κ3) is 3.84. The van der Waals surface area contributed by atoms with Crippen LogP contribution in [0.4, 0.5) is 16.2 Å². The van der Waals surface area contributed by atoms with Gasteiger partial charge in [-0.1, -0.05) is 0 Å². The monoisotopic (exact) mass is 348 g/mol. The molecular formula is C17H24N4O4. The van der Waals surface area contributed by atoms with Gasteiger partial charge in [-0.15, -0.1) is 0 Å². The standard InChI is InChI=1S/C17H24N4O4/c1-17(2,3)25-16(22)19-6-7-20-14(11-19)10-18-9-12-8-13(21(23)24)4-5-15(12)20/h4-5,8,14,18H,6-7,9-11H2,1-3H3. The molecule has 1 saturated heterocycles. The van der Waals surface area contributed by atoms with E-state index >= 15 is 0 Å². The SMILES string of the molecule is CC(C)(C)OC(=O)N1CCN2c3ccc([N+](=O)[O-])cc3CNCC2C1. The first-order chi connectivity index (χ1) is 11.7. The second-order valence-corrected chi connectivity index (χ2v) is 7.47. The average molecular weight is 348 g/mol. The fraction of sp³-hybridized carbons (Fsp3) is 0.588. The van der Waals surface area contributed by atoms with Crippen molar-refractivity contribution in [3.8, 4) is 0 Å². The normalized spacial score (nSPS) is 20.4. The summed E-state index contributed by atoms with van der Waals surface area (Å²) in [5.41, 5.74) is 1.51. The van der Waals surface area contributed by atoms with Gasteiger partial charge < -0.3 is 19.9 Å². The molecule has 1 unspecified atom stereocenters. The average Bonchev–Trinajstić information content (AvgIpc) is 2.71. The van der Waals surface area contributed by atoms with E-state index in [0.29, 0.717) is 32.7 Å². The molecule has 1 fully saturated rings. The molecule has 0 bridgehead atoms. The summed E-state index contributed by atoms with van der Waals surface area (Å²) in [6.45, 7) is 8.68. The minimum atomic E-state index is -0.512. The van der Waals surface area contributed by atoms with Gasteiger partial charge in [-0.3, -0.25) is 10.1 Å². The Balaban J connectivity index is 1.77. The zero-order valence-corrected chi connectivity index (χ0v) is 14.8. The largest absolute Gasteiger partial charge is 0.444 e. The Hall–Kier alpha value is -2.35. The van der Waals surface area contributed by atoms with Gasteiger partial charge in [0.2, 0.25) is 0 Å². The van der Waals surface area contributed by atoms with Crippen LogP contribution < -0.4 is 10.2 Å². The topological polar surface area (TPSA) is 88.0 Å². The molecule has 1 atom stereocenters. The highest BCUT2D eigenvalue weighted by Gasteiger charge is 2.34. The van der Waals surface area contributed by atoms with E-state index in [9.17, 15) is 14.9 Å². The number of anilines is 1. The zero-order valence-electron chi connectivity index (χ0n) is 14.8. The number of nitrogens with one attached hydrogen (secondary N) is 1. The third-order valence-corrected chi connectivity index (χ3v) is 4.41. The summed E-state index contributed by atoms with van der Waals surface area (Å²) in [7, 11) is 0. The number of nitro benzene ring substituents is 1. The number of nitro groups is 1. The number of carbonyl (C=O) groups is 1. The van der Waals surface area contributed by atoms with E-state index in [1.165, 1.54) is 0 Å². The summed E-state index contributed by atoms with van der Waals surface area (Å²) in [5.74, 6) is 0. The summed E-state index contributed by atoms with van der Waals surface area (Å²) in [5, 5.41) is 14.3. The van der Waals surface area contributed by atoms with Crippen molar-refractivity contribution in [2.75, 3.05) is 31.1 Å². The Kier molecular flexibility index (Phi) is 4.55. The number of amides is 1. The number of non-ortho nitro benzene ring substituents is 1. The number of carbonyl (C=O) groups excluding carboxylic acids is 1. The van der Waals surface area contributed by atoms with Crippen molar-refractivity contribution in [1.29, 1.82) is 0 Å². The summed E-state index contributed by atoms with van der Waals surface area (Å²) in [6.07, 6.45) is -0.291.